The van der Waals surface area contributed by atoms with Gasteiger partial charge >= 0.3 is 0 Å². The van der Waals surface area contributed by atoms with Crippen LogP contribution in [-0.4, -0.2) is 21.4 Å². The Bertz CT molecular complexity index is 971. The molecule has 3 rings (SSSR count). The summed E-state index contributed by atoms with van der Waals surface area (Å²) < 4.78 is 11.0. The number of benzene rings is 2. The Hall–Kier alpha value is -3.33. The summed E-state index contributed by atoms with van der Waals surface area (Å²) in [6.45, 7) is 13.2. The molecule has 0 aliphatic rings. The van der Waals surface area contributed by atoms with Crippen LogP contribution >= 0.6 is 0 Å². The summed E-state index contributed by atoms with van der Waals surface area (Å²) in [6.07, 6.45) is 0.717. The number of ether oxygens (including phenoxy) is 1. The third-order valence-electron chi connectivity index (χ3n) is 3.83. The van der Waals surface area contributed by atoms with Gasteiger partial charge in [-0.2, -0.15) is 4.98 Å². The third-order valence-corrected chi connectivity index (χ3v) is 3.83. The van der Waals surface area contributed by atoms with Crippen molar-refractivity contribution < 1.29 is 14.4 Å². The SMILES string of the molecule is [C-]#[N+]c1cc(-c2nc(-c3ccc(O)cc3CC)no2)ccc1OC(C)C. The molecule has 0 spiro atoms. The fourth-order valence-electron chi connectivity index (χ4n) is 2.63. The van der Waals surface area contributed by atoms with Crippen molar-refractivity contribution in [2.45, 2.75) is 33.3 Å². The molecule has 0 fully saturated rings. The van der Waals surface area contributed by atoms with Gasteiger partial charge in [-0.25, -0.2) is 4.85 Å². The summed E-state index contributed by atoms with van der Waals surface area (Å²) in [5, 5.41) is 13.7. The molecule has 2 aromatic carbocycles. The number of hydrogen-bond acceptors (Lipinski definition) is 5. The lowest BCUT2D eigenvalue weighted by Gasteiger charge is -2.11. The van der Waals surface area contributed by atoms with Crippen LogP contribution in [0.5, 0.6) is 11.5 Å². The van der Waals surface area contributed by atoms with Gasteiger partial charge < -0.3 is 14.4 Å². The molecule has 1 heterocycles. The summed E-state index contributed by atoms with van der Waals surface area (Å²) in [5.74, 6) is 1.52. The van der Waals surface area contributed by atoms with Crippen LogP contribution in [0.2, 0.25) is 0 Å². The standard InChI is InChI=1S/C20H19N3O3/c1-5-13-10-15(24)7-8-16(13)19-22-20(26-23-19)14-6-9-18(25-12(2)3)17(11-14)21-4/h6-12,24H,5H2,1-3H3. The summed E-state index contributed by atoms with van der Waals surface area (Å²) >= 11 is 0. The highest BCUT2D eigenvalue weighted by molar-refractivity contribution is 5.70. The van der Waals surface area contributed by atoms with Crippen LogP contribution in [0.25, 0.3) is 27.7 Å². The lowest BCUT2D eigenvalue weighted by atomic mass is 10.0. The number of aromatic hydroxyl groups is 1. The second kappa shape index (κ2) is 7.28. The normalized spacial score (nSPS) is 10.7. The molecule has 0 unspecified atom stereocenters. The van der Waals surface area contributed by atoms with Gasteiger partial charge in [-0.1, -0.05) is 12.1 Å². The maximum absolute atomic E-state index is 9.64. The number of rotatable bonds is 5. The van der Waals surface area contributed by atoms with E-state index in [4.69, 9.17) is 15.8 Å². The fourth-order valence-corrected chi connectivity index (χ4v) is 2.63. The Labute approximate surface area is 151 Å². The zero-order valence-electron chi connectivity index (χ0n) is 14.9. The van der Waals surface area contributed by atoms with E-state index in [1.807, 2.05) is 20.8 Å². The van der Waals surface area contributed by atoms with E-state index in [0.29, 0.717) is 28.7 Å². The number of phenolic OH excluding ortho intramolecular Hbond substituents is 1. The highest BCUT2D eigenvalue weighted by atomic mass is 16.5. The quantitative estimate of drug-likeness (QED) is 0.656. The largest absolute Gasteiger partial charge is 0.508 e. The highest BCUT2D eigenvalue weighted by Gasteiger charge is 2.16. The number of nitrogens with zero attached hydrogens (tertiary/aromatic N) is 3. The van der Waals surface area contributed by atoms with Crippen LogP contribution < -0.4 is 4.74 Å². The van der Waals surface area contributed by atoms with E-state index < -0.39 is 0 Å². The van der Waals surface area contributed by atoms with Crippen molar-refractivity contribution in [3.63, 3.8) is 0 Å². The van der Waals surface area contributed by atoms with Crippen molar-refractivity contribution >= 4 is 5.69 Å². The number of aromatic nitrogens is 2. The summed E-state index contributed by atoms with van der Waals surface area (Å²) in [7, 11) is 0. The first-order chi connectivity index (χ1) is 12.5. The van der Waals surface area contributed by atoms with Gasteiger partial charge in [0.15, 0.2) is 0 Å². The minimum atomic E-state index is -0.0154. The predicted molar refractivity (Wildman–Crippen MR) is 98.2 cm³/mol. The van der Waals surface area contributed by atoms with Gasteiger partial charge in [0, 0.05) is 11.1 Å². The average Bonchev–Trinajstić information content (AvgIpc) is 3.11. The van der Waals surface area contributed by atoms with Gasteiger partial charge in [-0.05, 0) is 62.2 Å². The van der Waals surface area contributed by atoms with Crippen LogP contribution in [0.4, 0.5) is 5.69 Å². The highest BCUT2D eigenvalue weighted by Crippen LogP contribution is 2.34. The molecular weight excluding hydrogens is 330 g/mol. The first-order valence-electron chi connectivity index (χ1n) is 8.36. The van der Waals surface area contributed by atoms with Crippen LogP contribution in [0.1, 0.15) is 26.3 Å². The molecule has 0 aliphatic carbocycles. The fraction of sp³-hybridized carbons (Fsp3) is 0.250. The number of phenols is 1. The first kappa shape index (κ1) is 17.5. The average molecular weight is 349 g/mol. The maximum Gasteiger partial charge on any atom is 0.256 e. The van der Waals surface area contributed by atoms with Crippen LogP contribution in [0, 0.1) is 6.57 Å². The summed E-state index contributed by atoms with van der Waals surface area (Å²) in [5.41, 5.74) is 2.79. The minimum Gasteiger partial charge on any atom is -0.508 e. The minimum absolute atomic E-state index is 0.0154. The topological polar surface area (TPSA) is 72.7 Å². The Kier molecular flexibility index (Phi) is 4.90. The number of aryl methyl sites for hydroxylation is 1. The molecule has 6 heteroatoms. The lowest BCUT2D eigenvalue weighted by molar-refractivity contribution is 0.244. The molecule has 1 N–H and O–H groups in total. The zero-order chi connectivity index (χ0) is 18.7. The van der Waals surface area contributed by atoms with E-state index in [0.717, 1.165) is 17.5 Å². The van der Waals surface area contributed by atoms with Crippen LogP contribution in [-0.2, 0) is 6.42 Å². The van der Waals surface area contributed by atoms with Gasteiger partial charge in [-0.3, -0.25) is 0 Å². The second-order valence-corrected chi connectivity index (χ2v) is 6.08. The molecule has 0 radical (unpaired) electrons. The van der Waals surface area contributed by atoms with Gasteiger partial charge in [-0.15, -0.1) is 0 Å². The van der Waals surface area contributed by atoms with E-state index in [1.165, 1.54) is 0 Å². The van der Waals surface area contributed by atoms with Gasteiger partial charge in [0.2, 0.25) is 11.5 Å². The molecule has 26 heavy (non-hydrogen) atoms. The molecular formula is C20H19N3O3. The van der Waals surface area contributed by atoms with E-state index in [9.17, 15) is 5.11 Å². The van der Waals surface area contributed by atoms with Gasteiger partial charge in [0.05, 0.1) is 12.7 Å². The molecule has 6 nitrogen and oxygen atoms in total. The molecule has 0 atom stereocenters. The maximum atomic E-state index is 9.64. The van der Waals surface area contributed by atoms with Crippen molar-refractivity contribution in [1.29, 1.82) is 0 Å². The second-order valence-electron chi connectivity index (χ2n) is 6.08. The summed E-state index contributed by atoms with van der Waals surface area (Å²) in [4.78, 5) is 7.97. The molecule has 0 saturated heterocycles. The predicted octanol–water partition coefficient (Wildman–Crippen LogP) is 5.01. The smallest absolute Gasteiger partial charge is 0.256 e. The Morgan fingerprint density at radius 2 is 2.04 bits per heavy atom. The molecule has 3 aromatic rings. The van der Waals surface area contributed by atoms with Crippen molar-refractivity contribution in [2.24, 2.45) is 0 Å². The Balaban J connectivity index is 1.97. The number of hydrogen-bond donors (Lipinski definition) is 1. The molecule has 0 saturated carbocycles. The van der Waals surface area contributed by atoms with Crippen molar-refractivity contribution in [1.82, 2.24) is 10.1 Å². The monoisotopic (exact) mass is 349 g/mol. The van der Waals surface area contributed by atoms with Crippen molar-refractivity contribution in [2.75, 3.05) is 0 Å². The van der Waals surface area contributed by atoms with Gasteiger partial charge in [0.1, 0.15) is 11.5 Å². The summed E-state index contributed by atoms with van der Waals surface area (Å²) in [6, 6.07) is 10.3. The molecule has 0 bridgehead atoms. The van der Waals surface area contributed by atoms with Crippen LogP contribution in [0.15, 0.2) is 40.9 Å². The van der Waals surface area contributed by atoms with Crippen LogP contribution in [0.3, 0.4) is 0 Å². The molecule has 0 amide bonds. The van der Waals surface area contributed by atoms with E-state index >= 15 is 0 Å². The first-order valence-corrected chi connectivity index (χ1v) is 8.36. The van der Waals surface area contributed by atoms with Gasteiger partial charge in [0.25, 0.3) is 5.89 Å². The molecule has 1 aromatic heterocycles. The van der Waals surface area contributed by atoms with E-state index in [-0.39, 0.29) is 11.9 Å². The molecule has 132 valence electrons. The van der Waals surface area contributed by atoms with E-state index in [1.54, 1.807) is 36.4 Å². The van der Waals surface area contributed by atoms with Crippen molar-refractivity contribution in [3.8, 4) is 34.3 Å². The van der Waals surface area contributed by atoms with Crippen molar-refractivity contribution in [3.05, 3.63) is 53.4 Å². The lowest BCUT2D eigenvalue weighted by Crippen LogP contribution is -2.05. The Morgan fingerprint density at radius 3 is 2.73 bits per heavy atom. The third kappa shape index (κ3) is 3.52. The zero-order valence-corrected chi connectivity index (χ0v) is 14.9. The molecule has 0 aliphatic heterocycles. The van der Waals surface area contributed by atoms with E-state index in [2.05, 4.69) is 15.0 Å². The Morgan fingerprint density at radius 1 is 1.23 bits per heavy atom.